The number of carbonyl (C=O) groups is 3. The maximum absolute atomic E-state index is 13.0. The Morgan fingerprint density at radius 1 is 1.28 bits per heavy atom. The molecule has 1 fully saturated rings. The molecule has 0 unspecified atom stereocenters. The van der Waals surface area contributed by atoms with Crippen LogP contribution < -0.4 is 16.0 Å². The van der Waals surface area contributed by atoms with E-state index in [1.54, 1.807) is 6.07 Å². The number of nitrogens with zero attached hydrogens (tertiary/aromatic N) is 1. The normalized spacial score (nSPS) is 18.0. The minimum Gasteiger partial charge on any atom is -0.356 e. The molecule has 1 saturated heterocycles. The second kappa shape index (κ2) is 9.74. The van der Waals surface area contributed by atoms with Crippen molar-refractivity contribution >= 4 is 44.6 Å². The van der Waals surface area contributed by atoms with Crippen LogP contribution in [0.15, 0.2) is 28.7 Å². The van der Waals surface area contributed by atoms with Gasteiger partial charge in [0.15, 0.2) is 0 Å². The number of fused-ring (bicyclic) bond motifs is 1. The lowest BCUT2D eigenvalue weighted by Gasteiger charge is -2.27. The van der Waals surface area contributed by atoms with Gasteiger partial charge in [0.2, 0.25) is 11.8 Å². The van der Waals surface area contributed by atoms with Crippen molar-refractivity contribution in [1.29, 1.82) is 5.26 Å². The summed E-state index contributed by atoms with van der Waals surface area (Å²) in [5, 5.41) is 18.7. The zero-order chi connectivity index (χ0) is 23.5. The van der Waals surface area contributed by atoms with Gasteiger partial charge >= 0.3 is 0 Å². The van der Waals surface area contributed by atoms with Gasteiger partial charge in [-0.2, -0.15) is 5.26 Å². The molecule has 1 aromatic heterocycles. The monoisotopic (exact) mass is 501 g/mol. The molecule has 0 saturated carbocycles. The first kappa shape index (κ1) is 23.8. The molecule has 3 atom stereocenters. The van der Waals surface area contributed by atoms with Gasteiger partial charge in [-0.05, 0) is 42.9 Å². The first-order chi connectivity index (χ1) is 15.1. The van der Waals surface area contributed by atoms with Gasteiger partial charge in [0.05, 0.1) is 6.07 Å². The molecule has 9 heteroatoms. The molecular weight excluding hydrogens is 474 g/mol. The van der Waals surface area contributed by atoms with Crippen molar-refractivity contribution in [2.75, 3.05) is 6.54 Å². The van der Waals surface area contributed by atoms with E-state index in [0.29, 0.717) is 25.1 Å². The highest BCUT2D eigenvalue weighted by atomic mass is 79.9. The molecule has 0 radical (unpaired) electrons. The van der Waals surface area contributed by atoms with Crippen LogP contribution in [0.25, 0.3) is 10.9 Å². The summed E-state index contributed by atoms with van der Waals surface area (Å²) in [7, 11) is 0. The minimum atomic E-state index is -0.825. The van der Waals surface area contributed by atoms with E-state index in [1.807, 2.05) is 39.0 Å². The van der Waals surface area contributed by atoms with Crippen LogP contribution in [0, 0.1) is 22.7 Å². The van der Waals surface area contributed by atoms with Crippen molar-refractivity contribution in [1.82, 2.24) is 20.9 Å². The smallest absolute Gasteiger partial charge is 0.268 e. The van der Waals surface area contributed by atoms with Crippen LogP contribution in [0.5, 0.6) is 0 Å². The number of H-pyrrole nitrogens is 1. The Hall–Kier alpha value is -2.86. The second-order valence-corrected chi connectivity index (χ2v) is 10.3. The van der Waals surface area contributed by atoms with E-state index in [0.717, 1.165) is 15.4 Å². The lowest BCUT2D eigenvalue weighted by Crippen LogP contribution is -2.51. The van der Waals surface area contributed by atoms with Gasteiger partial charge in [0, 0.05) is 27.8 Å². The molecule has 1 aromatic carbocycles. The predicted molar refractivity (Wildman–Crippen MR) is 125 cm³/mol. The predicted octanol–water partition coefficient (Wildman–Crippen LogP) is 3.00. The summed E-state index contributed by atoms with van der Waals surface area (Å²) in [4.78, 5) is 40.9. The average molecular weight is 502 g/mol. The number of nitrogens with one attached hydrogen (secondary N) is 4. The quantitative estimate of drug-likeness (QED) is 0.464. The molecule has 1 aliphatic rings. The van der Waals surface area contributed by atoms with E-state index in [2.05, 4.69) is 42.9 Å². The number of aromatic amines is 1. The number of hydrogen-bond acceptors (Lipinski definition) is 4. The Kier molecular flexibility index (Phi) is 7.24. The molecule has 4 N–H and O–H groups in total. The maximum atomic E-state index is 13.0. The van der Waals surface area contributed by atoms with Crippen LogP contribution in [-0.2, 0) is 9.59 Å². The number of rotatable bonds is 7. The van der Waals surface area contributed by atoms with Crippen LogP contribution in [-0.4, -0.2) is 41.3 Å². The van der Waals surface area contributed by atoms with Gasteiger partial charge < -0.3 is 20.9 Å². The minimum absolute atomic E-state index is 0.0931. The van der Waals surface area contributed by atoms with Crippen molar-refractivity contribution in [2.45, 2.75) is 52.1 Å². The molecule has 3 rings (SSSR count). The van der Waals surface area contributed by atoms with E-state index in [-0.39, 0.29) is 23.7 Å². The van der Waals surface area contributed by atoms with Gasteiger partial charge in [-0.25, -0.2) is 0 Å². The first-order valence-electron chi connectivity index (χ1n) is 10.6. The number of hydrogen-bond donors (Lipinski definition) is 4. The van der Waals surface area contributed by atoms with Gasteiger partial charge in [-0.1, -0.05) is 42.8 Å². The second-order valence-electron chi connectivity index (χ2n) is 9.41. The van der Waals surface area contributed by atoms with Gasteiger partial charge in [-0.3, -0.25) is 14.4 Å². The standard InChI is InChI=1S/C23H28BrN5O3/c1-23(2,3)11-19(22(32)27-16(12-25)8-14-6-7-26-20(14)30)29-21(31)18-9-13-4-5-15(24)10-17(13)28-18/h4-5,9-10,14,16,19,28H,6-8,11H2,1-3H3,(H,26,30)(H,27,32)(H,29,31)/t14-,16-,19-/m0/s1. The highest BCUT2D eigenvalue weighted by Gasteiger charge is 2.31. The van der Waals surface area contributed by atoms with Crippen molar-refractivity contribution < 1.29 is 14.4 Å². The third-order valence-electron chi connectivity index (χ3n) is 5.42. The lowest BCUT2D eigenvalue weighted by molar-refractivity contribution is -0.125. The van der Waals surface area contributed by atoms with Crippen LogP contribution in [0.4, 0.5) is 0 Å². The fourth-order valence-electron chi connectivity index (χ4n) is 3.85. The maximum Gasteiger partial charge on any atom is 0.268 e. The van der Waals surface area contributed by atoms with Gasteiger partial charge in [0.1, 0.15) is 17.8 Å². The summed E-state index contributed by atoms with van der Waals surface area (Å²) in [6.45, 7) is 6.51. The number of amides is 3. The molecule has 0 aliphatic carbocycles. The molecule has 3 amide bonds. The van der Waals surface area contributed by atoms with Crippen molar-refractivity contribution in [3.05, 3.63) is 34.4 Å². The molecule has 2 aromatic rings. The fraction of sp³-hybridized carbons (Fsp3) is 0.478. The molecule has 0 spiro atoms. The summed E-state index contributed by atoms with van der Waals surface area (Å²) in [5.41, 5.74) is 0.915. The van der Waals surface area contributed by atoms with Crippen LogP contribution >= 0.6 is 15.9 Å². The van der Waals surface area contributed by atoms with E-state index in [4.69, 9.17) is 0 Å². The Labute approximate surface area is 195 Å². The molecule has 170 valence electrons. The SMILES string of the molecule is CC(C)(C)C[C@H](NC(=O)c1cc2ccc(Br)cc2[nH]1)C(=O)N[C@H](C#N)C[C@@H]1CCNC1=O. The summed E-state index contributed by atoms with van der Waals surface area (Å²) in [6, 6.07) is 7.84. The third-order valence-corrected chi connectivity index (χ3v) is 5.92. The number of carbonyl (C=O) groups excluding carboxylic acids is 3. The summed E-state index contributed by atoms with van der Waals surface area (Å²) < 4.78 is 0.891. The number of halogens is 1. The summed E-state index contributed by atoms with van der Waals surface area (Å²) >= 11 is 3.41. The largest absolute Gasteiger partial charge is 0.356 e. The highest BCUT2D eigenvalue weighted by molar-refractivity contribution is 9.10. The van der Waals surface area contributed by atoms with Crippen LogP contribution in [0.2, 0.25) is 0 Å². The Morgan fingerprint density at radius 2 is 2.03 bits per heavy atom. The van der Waals surface area contributed by atoms with E-state index in [9.17, 15) is 19.6 Å². The summed E-state index contributed by atoms with van der Waals surface area (Å²) in [6.07, 6.45) is 1.28. The van der Waals surface area contributed by atoms with E-state index in [1.165, 1.54) is 0 Å². The Balaban J connectivity index is 1.72. The van der Waals surface area contributed by atoms with Gasteiger partial charge in [0.25, 0.3) is 5.91 Å². The van der Waals surface area contributed by atoms with Crippen LogP contribution in [0.3, 0.4) is 0 Å². The van der Waals surface area contributed by atoms with Crippen molar-refractivity contribution in [3.8, 4) is 6.07 Å². The number of benzene rings is 1. The molecular formula is C23H28BrN5O3. The van der Waals surface area contributed by atoms with Gasteiger partial charge in [-0.15, -0.1) is 0 Å². The van der Waals surface area contributed by atoms with E-state index < -0.39 is 23.9 Å². The Bertz CT molecular complexity index is 1070. The van der Waals surface area contributed by atoms with E-state index >= 15 is 0 Å². The zero-order valence-corrected chi connectivity index (χ0v) is 20.0. The molecule has 0 bridgehead atoms. The fourth-order valence-corrected chi connectivity index (χ4v) is 4.21. The lowest BCUT2D eigenvalue weighted by atomic mass is 9.87. The molecule has 2 heterocycles. The Morgan fingerprint density at radius 3 is 2.66 bits per heavy atom. The molecule has 8 nitrogen and oxygen atoms in total. The molecule has 32 heavy (non-hydrogen) atoms. The highest BCUT2D eigenvalue weighted by Crippen LogP contribution is 2.23. The molecule has 1 aliphatic heterocycles. The topological polar surface area (TPSA) is 127 Å². The number of aromatic nitrogens is 1. The average Bonchev–Trinajstić information content (AvgIpc) is 3.31. The van der Waals surface area contributed by atoms with Crippen molar-refractivity contribution in [3.63, 3.8) is 0 Å². The zero-order valence-electron chi connectivity index (χ0n) is 18.4. The third kappa shape index (κ3) is 6.10. The van der Waals surface area contributed by atoms with Crippen LogP contribution in [0.1, 0.15) is 50.5 Å². The number of nitriles is 1. The first-order valence-corrected chi connectivity index (χ1v) is 11.4. The van der Waals surface area contributed by atoms with Crippen molar-refractivity contribution in [2.24, 2.45) is 11.3 Å². The summed E-state index contributed by atoms with van der Waals surface area (Å²) in [5.74, 6) is -1.21.